The fraction of sp³-hybridized carbons (Fsp3) is 0. The molecule has 0 bridgehead atoms. The van der Waals surface area contributed by atoms with Crippen molar-refractivity contribution in [2.75, 3.05) is 5.32 Å². The molecule has 2 aromatic rings. The average Bonchev–Trinajstić information content (AvgIpc) is 2.37. The highest BCUT2D eigenvalue weighted by molar-refractivity contribution is 7.80. The molecule has 0 fully saturated rings. The van der Waals surface area contributed by atoms with Gasteiger partial charge in [-0.15, -0.1) is 0 Å². The van der Waals surface area contributed by atoms with Crippen molar-refractivity contribution in [3.8, 4) is 0 Å². The van der Waals surface area contributed by atoms with E-state index in [1.165, 1.54) is 12.1 Å². The van der Waals surface area contributed by atoms with Crippen LogP contribution in [0.25, 0.3) is 0 Å². The molecule has 0 atom stereocenters. The molecule has 2 aromatic carbocycles. The molecular formula is C14H10Cl2N2OS. The van der Waals surface area contributed by atoms with Crippen LogP contribution >= 0.6 is 35.4 Å². The van der Waals surface area contributed by atoms with E-state index in [-0.39, 0.29) is 10.9 Å². The first kappa shape index (κ1) is 14.8. The van der Waals surface area contributed by atoms with E-state index in [0.29, 0.717) is 26.9 Å². The molecule has 0 radical (unpaired) electrons. The van der Waals surface area contributed by atoms with Crippen molar-refractivity contribution >= 4 is 52.0 Å². The second kappa shape index (κ2) is 6.22. The van der Waals surface area contributed by atoms with Crippen LogP contribution in [0.5, 0.6) is 0 Å². The lowest BCUT2D eigenvalue weighted by Gasteiger charge is -2.10. The lowest BCUT2D eigenvalue weighted by atomic mass is 10.1. The van der Waals surface area contributed by atoms with Crippen LogP contribution in [0.15, 0.2) is 42.5 Å². The second-order valence-corrected chi connectivity index (χ2v) is 5.33. The summed E-state index contributed by atoms with van der Waals surface area (Å²) in [5.41, 5.74) is 7.12. The molecule has 0 unspecified atom stereocenters. The lowest BCUT2D eigenvalue weighted by molar-refractivity contribution is 0.102. The van der Waals surface area contributed by atoms with Gasteiger partial charge in [0.05, 0.1) is 5.69 Å². The zero-order valence-corrected chi connectivity index (χ0v) is 12.5. The van der Waals surface area contributed by atoms with Crippen LogP contribution in [0.3, 0.4) is 0 Å². The van der Waals surface area contributed by atoms with E-state index in [0.717, 1.165) is 0 Å². The van der Waals surface area contributed by atoms with E-state index in [9.17, 15) is 4.79 Å². The third-order valence-electron chi connectivity index (χ3n) is 2.57. The average molecular weight is 325 g/mol. The standard InChI is InChI=1S/C14H10Cl2N2OS/c15-9-5-8(6-10(16)7-9)14(19)18-12-4-2-1-3-11(12)13(17)20/h1-7H,(H2,17,20)(H,18,19). The number of benzene rings is 2. The van der Waals surface area contributed by atoms with Crippen LogP contribution in [-0.2, 0) is 0 Å². The van der Waals surface area contributed by atoms with Crippen molar-refractivity contribution < 1.29 is 4.79 Å². The Labute approximate surface area is 131 Å². The molecule has 3 nitrogen and oxygen atoms in total. The Balaban J connectivity index is 2.30. The molecule has 0 aromatic heterocycles. The van der Waals surface area contributed by atoms with Gasteiger partial charge in [-0.2, -0.15) is 0 Å². The fourth-order valence-electron chi connectivity index (χ4n) is 1.69. The van der Waals surface area contributed by atoms with Crippen LogP contribution in [0.2, 0.25) is 10.0 Å². The van der Waals surface area contributed by atoms with E-state index in [1.54, 1.807) is 30.3 Å². The summed E-state index contributed by atoms with van der Waals surface area (Å²) in [5, 5.41) is 3.53. The number of carbonyl (C=O) groups excluding carboxylic acids is 1. The monoisotopic (exact) mass is 324 g/mol. The van der Waals surface area contributed by atoms with Gasteiger partial charge in [-0.25, -0.2) is 0 Å². The molecule has 1 amide bonds. The predicted octanol–water partition coefficient (Wildman–Crippen LogP) is 3.88. The Bertz CT molecular complexity index is 668. The minimum absolute atomic E-state index is 0.213. The molecule has 2 rings (SSSR count). The number of hydrogen-bond donors (Lipinski definition) is 2. The summed E-state index contributed by atoms with van der Waals surface area (Å²) in [6.45, 7) is 0. The van der Waals surface area contributed by atoms with Crippen LogP contribution < -0.4 is 11.1 Å². The Kier molecular flexibility index (Phi) is 4.60. The number of anilines is 1. The van der Waals surface area contributed by atoms with Crippen molar-refractivity contribution in [3.05, 3.63) is 63.6 Å². The van der Waals surface area contributed by atoms with Crippen molar-refractivity contribution in [3.63, 3.8) is 0 Å². The molecule has 6 heteroatoms. The molecule has 3 N–H and O–H groups in total. The van der Waals surface area contributed by atoms with Crippen molar-refractivity contribution in [1.29, 1.82) is 0 Å². The highest BCUT2D eigenvalue weighted by Crippen LogP contribution is 2.21. The van der Waals surface area contributed by atoms with Gasteiger partial charge in [-0.05, 0) is 30.3 Å². The number of nitrogens with two attached hydrogens (primary N) is 1. The van der Waals surface area contributed by atoms with Crippen LogP contribution in [0, 0.1) is 0 Å². The third-order valence-corrected chi connectivity index (χ3v) is 3.22. The van der Waals surface area contributed by atoms with Crippen LogP contribution in [-0.4, -0.2) is 10.9 Å². The lowest BCUT2D eigenvalue weighted by Crippen LogP contribution is -2.17. The first-order valence-electron chi connectivity index (χ1n) is 5.63. The quantitative estimate of drug-likeness (QED) is 0.842. The molecule has 0 aliphatic rings. The molecule has 0 heterocycles. The van der Waals surface area contributed by atoms with Gasteiger partial charge >= 0.3 is 0 Å². The molecule has 0 saturated heterocycles. The van der Waals surface area contributed by atoms with E-state index in [1.807, 2.05) is 0 Å². The summed E-state index contributed by atoms with van der Waals surface area (Å²) >= 11 is 16.7. The van der Waals surface area contributed by atoms with Gasteiger partial charge in [0.1, 0.15) is 4.99 Å². The maximum Gasteiger partial charge on any atom is 0.255 e. The topological polar surface area (TPSA) is 55.1 Å². The van der Waals surface area contributed by atoms with Gasteiger partial charge in [-0.3, -0.25) is 4.79 Å². The van der Waals surface area contributed by atoms with E-state index in [4.69, 9.17) is 41.2 Å². The number of halogens is 2. The van der Waals surface area contributed by atoms with Gasteiger partial charge in [0, 0.05) is 21.2 Å². The Hall–Kier alpha value is -1.62. The summed E-state index contributed by atoms with van der Waals surface area (Å²) in [6, 6.07) is 11.7. The Morgan fingerprint density at radius 3 is 2.30 bits per heavy atom. The first-order valence-corrected chi connectivity index (χ1v) is 6.80. The summed E-state index contributed by atoms with van der Waals surface area (Å²) in [7, 11) is 0. The summed E-state index contributed by atoms with van der Waals surface area (Å²) < 4.78 is 0. The van der Waals surface area contributed by atoms with Gasteiger partial charge in [0.15, 0.2) is 0 Å². The van der Waals surface area contributed by atoms with Gasteiger partial charge in [0.2, 0.25) is 0 Å². The Morgan fingerprint density at radius 2 is 1.70 bits per heavy atom. The van der Waals surface area contributed by atoms with Crippen LogP contribution in [0.1, 0.15) is 15.9 Å². The summed E-state index contributed by atoms with van der Waals surface area (Å²) in [6.07, 6.45) is 0. The summed E-state index contributed by atoms with van der Waals surface area (Å²) in [5.74, 6) is -0.335. The molecule has 102 valence electrons. The van der Waals surface area contributed by atoms with E-state index < -0.39 is 0 Å². The maximum absolute atomic E-state index is 12.2. The molecule has 20 heavy (non-hydrogen) atoms. The Morgan fingerprint density at radius 1 is 1.10 bits per heavy atom. The summed E-state index contributed by atoms with van der Waals surface area (Å²) in [4.78, 5) is 12.4. The minimum atomic E-state index is -0.335. The molecule has 0 aliphatic heterocycles. The zero-order valence-electron chi connectivity index (χ0n) is 10.2. The number of thiocarbonyl (C=S) groups is 1. The first-order chi connectivity index (χ1) is 9.47. The fourth-order valence-corrected chi connectivity index (χ4v) is 2.39. The highest BCUT2D eigenvalue weighted by Gasteiger charge is 2.11. The van der Waals surface area contributed by atoms with E-state index >= 15 is 0 Å². The maximum atomic E-state index is 12.2. The predicted molar refractivity (Wildman–Crippen MR) is 86.7 cm³/mol. The molecule has 0 aliphatic carbocycles. The molecule has 0 spiro atoms. The van der Waals surface area contributed by atoms with Crippen molar-refractivity contribution in [2.45, 2.75) is 0 Å². The molecular weight excluding hydrogens is 315 g/mol. The normalized spacial score (nSPS) is 10.1. The zero-order chi connectivity index (χ0) is 14.7. The van der Waals surface area contributed by atoms with Crippen molar-refractivity contribution in [2.24, 2.45) is 5.73 Å². The number of rotatable bonds is 3. The van der Waals surface area contributed by atoms with Gasteiger partial charge in [-0.1, -0.05) is 47.6 Å². The molecule has 0 saturated carbocycles. The number of hydrogen-bond acceptors (Lipinski definition) is 2. The number of para-hydroxylation sites is 1. The second-order valence-electron chi connectivity index (χ2n) is 4.02. The van der Waals surface area contributed by atoms with E-state index in [2.05, 4.69) is 5.32 Å². The van der Waals surface area contributed by atoms with Gasteiger partial charge in [0.25, 0.3) is 5.91 Å². The SMILES string of the molecule is NC(=S)c1ccccc1NC(=O)c1cc(Cl)cc(Cl)c1. The number of amides is 1. The van der Waals surface area contributed by atoms with Crippen LogP contribution in [0.4, 0.5) is 5.69 Å². The largest absolute Gasteiger partial charge is 0.389 e. The van der Waals surface area contributed by atoms with Crippen molar-refractivity contribution in [1.82, 2.24) is 0 Å². The minimum Gasteiger partial charge on any atom is -0.389 e. The smallest absolute Gasteiger partial charge is 0.255 e. The number of nitrogens with one attached hydrogen (secondary N) is 1. The number of carbonyl (C=O) groups is 1. The third kappa shape index (κ3) is 3.48. The van der Waals surface area contributed by atoms with Gasteiger partial charge < -0.3 is 11.1 Å². The highest BCUT2D eigenvalue weighted by atomic mass is 35.5.